The number of anilines is 1. The molecule has 0 unspecified atom stereocenters. The molecule has 0 radical (unpaired) electrons. The van der Waals surface area contributed by atoms with Crippen molar-refractivity contribution >= 4 is 40.7 Å². The van der Waals surface area contributed by atoms with Crippen LogP contribution in [0.5, 0.6) is 0 Å². The second-order valence-electron chi connectivity index (χ2n) is 10.2. The van der Waals surface area contributed by atoms with Gasteiger partial charge in [0.05, 0.1) is 6.04 Å². The average Bonchev–Trinajstić information content (AvgIpc) is 3.39. The van der Waals surface area contributed by atoms with Gasteiger partial charge in [-0.1, -0.05) is 90.5 Å². The van der Waals surface area contributed by atoms with Crippen molar-refractivity contribution in [2.45, 2.75) is 18.0 Å². The number of hydrogen-bond acceptors (Lipinski definition) is 4. The molecule has 4 aromatic carbocycles. The quantitative estimate of drug-likeness (QED) is 0.215. The Hall–Kier alpha value is -4.35. The highest BCUT2D eigenvalue weighted by Crippen LogP contribution is 2.61. The van der Waals surface area contributed by atoms with Gasteiger partial charge in [0.25, 0.3) is 0 Å². The van der Waals surface area contributed by atoms with E-state index in [-0.39, 0.29) is 17.3 Å². The molecule has 0 saturated carbocycles. The molecule has 1 spiro atoms. The van der Waals surface area contributed by atoms with Crippen LogP contribution in [-0.4, -0.2) is 29.4 Å². The van der Waals surface area contributed by atoms with Crippen molar-refractivity contribution in [2.24, 2.45) is 5.41 Å². The van der Waals surface area contributed by atoms with Crippen molar-refractivity contribution in [3.63, 3.8) is 0 Å². The van der Waals surface area contributed by atoms with E-state index in [1.54, 1.807) is 84.9 Å². The van der Waals surface area contributed by atoms with Crippen LogP contribution in [0.3, 0.4) is 0 Å². The van der Waals surface area contributed by atoms with Gasteiger partial charge in [-0.05, 0) is 35.9 Å². The number of carbonyl (C=O) groups excluding carboxylic acids is 3. The van der Waals surface area contributed by atoms with Gasteiger partial charge in [-0.2, -0.15) is 0 Å². The lowest BCUT2D eigenvalue weighted by Crippen LogP contribution is -2.48. The SMILES string of the molecule is O=C(c1ccccc1)[C@H]1[C@H](c2cccc(Cl)c2)C2(C(=O)c3ccccc3C2=O)[C@H]2C=Cc3cc(F)ccc3N12. The van der Waals surface area contributed by atoms with Gasteiger partial charge in [-0.3, -0.25) is 14.4 Å². The van der Waals surface area contributed by atoms with Gasteiger partial charge < -0.3 is 4.90 Å². The van der Waals surface area contributed by atoms with Gasteiger partial charge >= 0.3 is 0 Å². The number of benzene rings is 4. The Morgan fingerprint density at radius 2 is 1.51 bits per heavy atom. The molecule has 190 valence electrons. The van der Waals surface area contributed by atoms with Crippen LogP contribution < -0.4 is 4.90 Å². The lowest BCUT2D eigenvalue weighted by molar-refractivity contribution is 0.0666. The first-order chi connectivity index (χ1) is 18.9. The molecule has 6 heteroatoms. The predicted molar refractivity (Wildman–Crippen MR) is 148 cm³/mol. The molecule has 3 aliphatic rings. The Balaban J connectivity index is 1.56. The summed E-state index contributed by atoms with van der Waals surface area (Å²) < 4.78 is 14.3. The minimum Gasteiger partial charge on any atom is -0.352 e. The van der Waals surface area contributed by atoms with E-state index in [2.05, 4.69) is 0 Å². The zero-order valence-electron chi connectivity index (χ0n) is 20.6. The molecule has 2 heterocycles. The van der Waals surface area contributed by atoms with E-state index < -0.39 is 29.2 Å². The summed E-state index contributed by atoms with van der Waals surface area (Å²) in [5, 5.41) is 0.437. The largest absolute Gasteiger partial charge is 0.352 e. The van der Waals surface area contributed by atoms with Gasteiger partial charge in [0.1, 0.15) is 17.3 Å². The van der Waals surface area contributed by atoms with Crippen LogP contribution >= 0.6 is 11.6 Å². The summed E-state index contributed by atoms with van der Waals surface area (Å²) in [7, 11) is 0. The third-order valence-corrected chi connectivity index (χ3v) is 8.54. The Bertz CT molecular complexity index is 1700. The summed E-state index contributed by atoms with van der Waals surface area (Å²) in [5.41, 5.74) is 1.33. The first-order valence-corrected chi connectivity index (χ1v) is 13.1. The van der Waals surface area contributed by atoms with E-state index in [1.165, 1.54) is 12.1 Å². The van der Waals surface area contributed by atoms with E-state index in [0.29, 0.717) is 38.5 Å². The fourth-order valence-electron chi connectivity index (χ4n) is 6.79. The van der Waals surface area contributed by atoms with E-state index in [9.17, 15) is 18.8 Å². The summed E-state index contributed by atoms with van der Waals surface area (Å²) in [6.45, 7) is 0. The van der Waals surface area contributed by atoms with E-state index in [1.807, 2.05) is 17.0 Å². The fraction of sp³-hybridized carbons (Fsp3) is 0.121. The lowest BCUT2D eigenvalue weighted by Gasteiger charge is -2.37. The highest BCUT2D eigenvalue weighted by molar-refractivity contribution is 6.32. The normalized spacial score (nSPS) is 22.1. The molecule has 1 saturated heterocycles. The van der Waals surface area contributed by atoms with Crippen molar-refractivity contribution in [1.29, 1.82) is 0 Å². The molecule has 4 aromatic rings. The maximum atomic E-state index is 14.5. The fourth-order valence-corrected chi connectivity index (χ4v) is 6.99. The summed E-state index contributed by atoms with van der Waals surface area (Å²) in [5.74, 6) is -2.14. The standard InChI is InChI=1S/C33H21ClFNO3/c34-22-10-6-9-21(17-22)28-29(30(37)19-7-2-1-3-8-19)36-26-15-14-23(35)18-20(26)13-16-27(36)33(28)31(38)24-11-4-5-12-25(24)32(33)39/h1-18,27-29H/t27-,28+,29-/m1/s1. The Labute approximate surface area is 229 Å². The van der Waals surface area contributed by atoms with Gasteiger partial charge in [-0.25, -0.2) is 4.39 Å². The highest BCUT2D eigenvalue weighted by Gasteiger charge is 2.71. The molecule has 0 N–H and O–H groups in total. The van der Waals surface area contributed by atoms with Gasteiger partial charge in [0, 0.05) is 38.9 Å². The molecule has 1 fully saturated rings. The first-order valence-electron chi connectivity index (χ1n) is 12.7. The van der Waals surface area contributed by atoms with Crippen LogP contribution in [-0.2, 0) is 0 Å². The molecule has 4 nitrogen and oxygen atoms in total. The molecular formula is C33H21ClFNO3. The van der Waals surface area contributed by atoms with Crippen LogP contribution in [0.2, 0.25) is 5.02 Å². The van der Waals surface area contributed by atoms with E-state index in [4.69, 9.17) is 11.6 Å². The van der Waals surface area contributed by atoms with Crippen molar-refractivity contribution in [2.75, 3.05) is 4.90 Å². The monoisotopic (exact) mass is 533 g/mol. The zero-order chi connectivity index (χ0) is 26.9. The number of halogens is 2. The topological polar surface area (TPSA) is 54.5 Å². The first kappa shape index (κ1) is 23.7. The minimum absolute atomic E-state index is 0.232. The van der Waals surface area contributed by atoms with Crippen molar-refractivity contribution in [1.82, 2.24) is 0 Å². The number of ketones is 3. The Morgan fingerprint density at radius 3 is 2.21 bits per heavy atom. The summed E-state index contributed by atoms with van der Waals surface area (Å²) in [6, 6.07) is 25.4. The van der Waals surface area contributed by atoms with Crippen molar-refractivity contribution in [3.8, 4) is 0 Å². The maximum absolute atomic E-state index is 14.5. The summed E-state index contributed by atoms with van der Waals surface area (Å²) in [6.07, 6.45) is 3.52. The molecule has 7 rings (SSSR count). The zero-order valence-corrected chi connectivity index (χ0v) is 21.3. The molecule has 39 heavy (non-hydrogen) atoms. The Morgan fingerprint density at radius 1 is 0.821 bits per heavy atom. The average molecular weight is 534 g/mol. The number of nitrogens with zero attached hydrogens (tertiary/aromatic N) is 1. The van der Waals surface area contributed by atoms with Gasteiger partial charge in [0.15, 0.2) is 17.3 Å². The number of hydrogen-bond donors (Lipinski definition) is 0. The number of Topliss-reactive ketones (excluding diaryl/α,β-unsaturated/α-hetero) is 3. The van der Waals surface area contributed by atoms with Crippen LogP contribution in [0, 0.1) is 11.2 Å². The van der Waals surface area contributed by atoms with E-state index >= 15 is 0 Å². The van der Waals surface area contributed by atoms with Crippen molar-refractivity contribution < 1.29 is 18.8 Å². The summed E-state index contributed by atoms with van der Waals surface area (Å²) >= 11 is 6.45. The molecule has 0 amide bonds. The smallest absolute Gasteiger partial charge is 0.185 e. The van der Waals surface area contributed by atoms with Crippen LogP contribution in [0.25, 0.3) is 6.08 Å². The molecule has 3 atom stereocenters. The summed E-state index contributed by atoms with van der Waals surface area (Å²) in [4.78, 5) is 45.4. The third-order valence-electron chi connectivity index (χ3n) is 8.30. The number of rotatable bonds is 3. The van der Waals surface area contributed by atoms with Crippen LogP contribution in [0.1, 0.15) is 48.1 Å². The molecule has 0 bridgehead atoms. The maximum Gasteiger partial charge on any atom is 0.185 e. The molecule has 2 aliphatic heterocycles. The van der Waals surface area contributed by atoms with Crippen molar-refractivity contribution in [3.05, 3.63) is 142 Å². The van der Waals surface area contributed by atoms with E-state index in [0.717, 1.165) is 0 Å². The second kappa shape index (κ2) is 8.58. The second-order valence-corrected chi connectivity index (χ2v) is 10.6. The van der Waals surface area contributed by atoms with Crippen LogP contribution in [0.15, 0.2) is 103 Å². The highest BCUT2D eigenvalue weighted by atomic mass is 35.5. The number of fused-ring (bicyclic) bond motifs is 5. The molecule has 0 aromatic heterocycles. The Kier molecular flexibility index (Phi) is 5.23. The van der Waals surface area contributed by atoms with Gasteiger partial charge in [-0.15, -0.1) is 0 Å². The van der Waals surface area contributed by atoms with Gasteiger partial charge in [0.2, 0.25) is 0 Å². The predicted octanol–water partition coefficient (Wildman–Crippen LogP) is 6.80. The van der Waals surface area contributed by atoms with Crippen LogP contribution in [0.4, 0.5) is 10.1 Å². The molecule has 1 aliphatic carbocycles. The minimum atomic E-state index is -1.62. The third kappa shape index (κ3) is 3.20. The lowest BCUT2D eigenvalue weighted by atomic mass is 9.64. The molecular weight excluding hydrogens is 513 g/mol. The number of carbonyl (C=O) groups is 3.